The van der Waals surface area contributed by atoms with Gasteiger partial charge in [-0.3, -0.25) is 9.59 Å². The summed E-state index contributed by atoms with van der Waals surface area (Å²) in [6.07, 6.45) is 1.15. The summed E-state index contributed by atoms with van der Waals surface area (Å²) in [6, 6.07) is 7.20. The van der Waals surface area contributed by atoms with Crippen molar-refractivity contribution >= 4 is 17.5 Å². The monoisotopic (exact) mass is 235 g/mol. The van der Waals surface area contributed by atoms with Gasteiger partial charge in [-0.1, -0.05) is 12.1 Å². The molecule has 0 radical (unpaired) electrons. The number of nitrogens with one attached hydrogen (secondary N) is 1. The number of anilines is 1. The van der Waals surface area contributed by atoms with Crippen molar-refractivity contribution in [3.8, 4) is 0 Å². The van der Waals surface area contributed by atoms with Crippen LogP contribution in [0.4, 0.5) is 5.69 Å². The highest BCUT2D eigenvalue weighted by Crippen LogP contribution is 2.06. The Bertz CT molecular complexity index is 404. The molecular formula is C12H17N3O2. The summed E-state index contributed by atoms with van der Waals surface area (Å²) in [5.41, 5.74) is 12.1. The summed E-state index contributed by atoms with van der Waals surface area (Å²) in [5, 5.41) is 2.72. The zero-order valence-corrected chi connectivity index (χ0v) is 9.61. The Morgan fingerprint density at radius 2 is 2.06 bits per heavy atom. The average Bonchev–Trinajstić information content (AvgIpc) is 2.24. The van der Waals surface area contributed by atoms with E-state index < -0.39 is 0 Å². The molecule has 0 aliphatic carbocycles. The van der Waals surface area contributed by atoms with Crippen LogP contribution >= 0.6 is 0 Å². The molecule has 5 N–H and O–H groups in total. The van der Waals surface area contributed by atoms with Crippen molar-refractivity contribution in [2.45, 2.75) is 19.3 Å². The second kappa shape index (κ2) is 6.52. The lowest BCUT2D eigenvalue weighted by molar-refractivity contribution is -0.121. The van der Waals surface area contributed by atoms with Crippen molar-refractivity contribution in [3.63, 3.8) is 0 Å². The van der Waals surface area contributed by atoms with Crippen molar-refractivity contribution in [2.24, 2.45) is 5.73 Å². The maximum absolute atomic E-state index is 11.5. The van der Waals surface area contributed by atoms with Gasteiger partial charge in [-0.15, -0.1) is 0 Å². The lowest BCUT2D eigenvalue weighted by atomic mass is 10.1. The minimum Gasteiger partial charge on any atom is -0.399 e. The van der Waals surface area contributed by atoms with Crippen molar-refractivity contribution in [2.75, 3.05) is 12.3 Å². The van der Waals surface area contributed by atoms with E-state index in [1.807, 2.05) is 12.1 Å². The highest BCUT2D eigenvalue weighted by atomic mass is 16.2. The van der Waals surface area contributed by atoms with E-state index in [1.54, 1.807) is 12.1 Å². The number of benzene rings is 1. The fourth-order valence-corrected chi connectivity index (χ4v) is 1.44. The molecule has 0 unspecified atom stereocenters. The van der Waals surface area contributed by atoms with Crippen LogP contribution in [0.25, 0.3) is 0 Å². The summed E-state index contributed by atoms with van der Waals surface area (Å²) >= 11 is 0. The van der Waals surface area contributed by atoms with Crippen LogP contribution in [0.2, 0.25) is 0 Å². The number of carbonyl (C=O) groups excluding carboxylic acids is 2. The number of hydrogen-bond acceptors (Lipinski definition) is 3. The van der Waals surface area contributed by atoms with Crippen LogP contribution in [0.3, 0.4) is 0 Å². The third kappa shape index (κ3) is 5.55. The molecule has 0 fully saturated rings. The molecule has 0 saturated heterocycles. The third-order valence-corrected chi connectivity index (χ3v) is 2.24. The van der Waals surface area contributed by atoms with E-state index in [0.29, 0.717) is 31.5 Å². The molecule has 2 amide bonds. The van der Waals surface area contributed by atoms with Gasteiger partial charge >= 0.3 is 0 Å². The Balaban J connectivity index is 2.27. The van der Waals surface area contributed by atoms with E-state index in [9.17, 15) is 9.59 Å². The van der Waals surface area contributed by atoms with Gasteiger partial charge in [0.2, 0.25) is 11.8 Å². The number of primary amides is 1. The SMILES string of the molecule is NC(=O)CCCNC(=O)Cc1cccc(N)c1. The van der Waals surface area contributed by atoms with E-state index in [0.717, 1.165) is 5.56 Å². The van der Waals surface area contributed by atoms with Crippen LogP contribution < -0.4 is 16.8 Å². The molecule has 0 aliphatic heterocycles. The number of nitrogen functional groups attached to an aromatic ring is 1. The Hall–Kier alpha value is -2.04. The van der Waals surface area contributed by atoms with Crippen molar-refractivity contribution < 1.29 is 9.59 Å². The number of nitrogens with two attached hydrogens (primary N) is 2. The maximum Gasteiger partial charge on any atom is 0.224 e. The van der Waals surface area contributed by atoms with E-state index in [2.05, 4.69) is 5.32 Å². The lowest BCUT2D eigenvalue weighted by Gasteiger charge is -2.05. The highest BCUT2D eigenvalue weighted by molar-refractivity contribution is 5.79. The van der Waals surface area contributed by atoms with Gasteiger partial charge in [-0.05, 0) is 24.1 Å². The summed E-state index contributed by atoms with van der Waals surface area (Å²) in [5.74, 6) is -0.435. The second-order valence-corrected chi connectivity index (χ2v) is 3.84. The molecule has 17 heavy (non-hydrogen) atoms. The molecule has 0 atom stereocenters. The first-order valence-corrected chi connectivity index (χ1v) is 5.47. The van der Waals surface area contributed by atoms with Gasteiger partial charge in [0.05, 0.1) is 6.42 Å². The van der Waals surface area contributed by atoms with Gasteiger partial charge in [0.1, 0.15) is 0 Å². The van der Waals surface area contributed by atoms with Gasteiger partial charge in [0.15, 0.2) is 0 Å². The minimum atomic E-state index is -0.352. The van der Waals surface area contributed by atoms with E-state index >= 15 is 0 Å². The van der Waals surface area contributed by atoms with E-state index in [1.165, 1.54) is 0 Å². The summed E-state index contributed by atoms with van der Waals surface area (Å²) < 4.78 is 0. The van der Waals surface area contributed by atoms with Gasteiger partial charge in [0, 0.05) is 18.7 Å². The molecule has 0 bridgehead atoms. The van der Waals surface area contributed by atoms with Crippen LogP contribution in [0, 0.1) is 0 Å². The molecule has 1 rings (SSSR count). The molecule has 5 heteroatoms. The summed E-state index contributed by atoms with van der Waals surface area (Å²) in [7, 11) is 0. The number of amides is 2. The first-order valence-electron chi connectivity index (χ1n) is 5.47. The number of carbonyl (C=O) groups is 2. The van der Waals surface area contributed by atoms with Crippen LogP contribution in [0.1, 0.15) is 18.4 Å². The Labute approximate surface area is 100 Å². The largest absolute Gasteiger partial charge is 0.399 e. The van der Waals surface area contributed by atoms with Gasteiger partial charge < -0.3 is 16.8 Å². The predicted octanol–water partition coefficient (Wildman–Crippen LogP) is 0.193. The highest BCUT2D eigenvalue weighted by Gasteiger charge is 2.03. The molecule has 92 valence electrons. The Morgan fingerprint density at radius 1 is 1.29 bits per heavy atom. The first kappa shape index (κ1) is 13.0. The molecular weight excluding hydrogens is 218 g/mol. The number of hydrogen-bond donors (Lipinski definition) is 3. The molecule has 0 heterocycles. The zero-order chi connectivity index (χ0) is 12.7. The fraction of sp³-hybridized carbons (Fsp3) is 0.333. The second-order valence-electron chi connectivity index (χ2n) is 3.84. The summed E-state index contributed by atoms with van der Waals surface area (Å²) in [4.78, 5) is 22.0. The Morgan fingerprint density at radius 3 is 2.71 bits per heavy atom. The Kier molecular flexibility index (Phi) is 5.00. The smallest absolute Gasteiger partial charge is 0.224 e. The van der Waals surface area contributed by atoms with Gasteiger partial charge in [-0.2, -0.15) is 0 Å². The van der Waals surface area contributed by atoms with Crippen molar-refractivity contribution in [1.29, 1.82) is 0 Å². The normalized spacial score (nSPS) is 9.88. The predicted molar refractivity (Wildman–Crippen MR) is 66.0 cm³/mol. The van der Waals surface area contributed by atoms with Crippen LogP contribution in [0.5, 0.6) is 0 Å². The van der Waals surface area contributed by atoms with Gasteiger partial charge in [0.25, 0.3) is 0 Å². The minimum absolute atomic E-state index is 0.0833. The molecule has 1 aromatic rings. The standard InChI is InChI=1S/C12H17N3O2/c13-10-4-1-3-9(7-10)8-12(17)15-6-2-5-11(14)16/h1,3-4,7H,2,5-6,8,13H2,(H2,14,16)(H,15,17). The molecule has 5 nitrogen and oxygen atoms in total. The lowest BCUT2D eigenvalue weighted by Crippen LogP contribution is -2.27. The molecule has 0 spiro atoms. The average molecular weight is 235 g/mol. The van der Waals surface area contributed by atoms with E-state index in [4.69, 9.17) is 11.5 Å². The molecule has 0 aromatic heterocycles. The molecule has 0 saturated carbocycles. The van der Waals surface area contributed by atoms with Crippen LogP contribution in [-0.2, 0) is 16.0 Å². The van der Waals surface area contributed by atoms with Crippen LogP contribution in [0.15, 0.2) is 24.3 Å². The number of rotatable bonds is 6. The quantitative estimate of drug-likeness (QED) is 0.485. The third-order valence-electron chi connectivity index (χ3n) is 2.24. The maximum atomic E-state index is 11.5. The molecule has 0 aliphatic rings. The van der Waals surface area contributed by atoms with Crippen molar-refractivity contribution in [1.82, 2.24) is 5.32 Å². The van der Waals surface area contributed by atoms with Crippen LogP contribution in [-0.4, -0.2) is 18.4 Å². The van der Waals surface area contributed by atoms with Crippen molar-refractivity contribution in [3.05, 3.63) is 29.8 Å². The van der Waals surface area contributed by atoms with E-state index in [-0.39, 0.29) is 11.8 Å². The molecule has 1 aromatic carbocycles. The van der Waals surface area contributed by atoms with Gasteiger partial charge in [-0.25, -0.2) is 0 Å². The summed E-state index contributed by atoms with van der Waals surface area (Å²) in [6.45, 7) is 0.462. The zero-order valence-electron chi connectivity index (χ0n) is 9.61. The topological polar surface area (TPSA) is 98.2 Å². The first-order chi connectivity index (χ1) is 8.08. The fourth-order valence-electron chi connectivity index (χ4n) is 1.44.